The molecule has 0 spiro atoms. The quantitative estimate of drug-likeness (QED) is 0.767. The van der Waals surface area contributed by atoms with Crippen LogP contribution in [0.3, 0.4) is 0 Å². The first kappa shape index (κ1) is 10.5. The lowest BCUT2D eigenvalue weighted by molar-refractivity contribution is 0.736. The normalized spacial score (nSPS) is 11.1. The third-order valence-electron chi connectivity index (χ3n) is 2.54. The molecule has 0 atom stereocenters. The average Bonchev–Trinajstić information content (AvgIpc) is 2.60. The van der Waals surface area contributed by atoms with E-state index in [2.05, 4.69) is 11.1 Å². The summed E-state index contributed by atoms with van der Waals surface area (Å²) >= 11 is 5.92. The molecule has 3 heteroatoms. The number of aromatic amines is 1. The van der Waals surface area contributed by atoms with Crippen LogP contribution < -0.4 is 5.73 Å². The van der Waals surface area contributed by atoms with Crippen LogP contribution in [-0.4, -0.2) is 11.5 Å². The van der Waals surface area contributed by atoms with Gasteiger partial charge in [0.15, 0.2) is 0 Å². The number of H-pyrrole nitrogens is 1. The van der Waals surface area contributed by atoms with Crippen LogP contribution in [0.4, 0.5) is 0 Å². The fraction of sp³-hybridized carbons (Fsp3) is 0.333. The number of aromatic nitrogens is 1. The second-order valence-electron chi connectivity index (χ2n) is 3.77. The third-order valence-corrected chi connectivity index (χ3v) is 2.77. The number of nitrogens with two attached hydrogens (primary N) is 1. The Hall–Kier alpha value is -0.990. The molecule has 0 amide bonds. The Morgan fingerprint density at radius 2 is 2.07 bits per heavy atom. The summed E-state index contributed by atoms with van der Waals surface area (Å²) < 4.78 is 0. The first-order valence-corrected chi connectivity index (χ1v) is 5.64. The average molecular weight is 223 g/mol. The second-order valence-corrected chi connectivity index (χ2v) is 4.21. The topological polar surface area (TPSA) is 41.8 Å². The highest BCUT2D eigenvalue weighted by atomic mass is 35.5. The van der Waals surface area contributed by atoms with E-state index in [4.69, 9.17) is 17.3 Å². The molecule has 2 rings (SSSR count). The van der Waals surface area contributed by atoms with Crippen molar-refractivity contribution in [3.8, 4) is 0 Å². The van der Waals surface area contributed by atoms with Gasteiger partial charge in [-0.2, -0.15) is 0 Å². The standard InChI is InChI=1S/C12H15ClN2/c13-10-4-5-12-9(7-10)8-11(15-12)3-1-2-6-14/h4-5,7-8,15H,1-3,6,14H2. The molecule has 0 saturated heterocycles. The van der Waals surface area contributed by atoms with Crippen molar-refractivity contribution in [3.05, 3.63) is 35.0 Å². The van der Waals surface area contributed by atoms with Crippen LogP contribution in [0.5, 0.6) is 0 Å². The molecular formula is C12H15ClN2. The molecule has 0 radical (unpaired) electrons. The number of benzene rings is 1. The number of hydrogen-bond acceptors (Lipinski definition) is 1. The fourth-order valence-corrected chi connectivity index (χ4v) is 1.94. The van der Waals surface area contributed by atoms with E-state index < -0.39 is 0 Å². The summed E-state index contributed by atoms with van der Waals surface area (Å²) in [5, 5.41) is 1.97. The molecule has 15 heavy (non-hydrogen) atoms. The summed E-state index contributed by atoms with van der Waals surface area (Å²) in [6.45, 7) is 0.770. The predicted octanol–water partition coefficient (Wildman–Crippen LogP) is 3.10. The Bertz CT molecular complexity index is 448. The SMILES string of the molecule is NCCCCc1cc2cc(Cl)ccc2[nH]1. The van der Waals surface area contributed by atoms with Gasteiger partial charge in [-0.25, -0.2) is 0 Å². The minimum absolute atomic E-state index is 0.770. The van der Waals surface area contributed by atoms with E-state index in [1.54, 1.807) is 0 Å². The minimum Gasteiger partial charge on any atom is -0.358 e. The number of aryl methyl sites for hydroxylation is 1. The molecule has 1 aromatic heterocycles. The van der Waals surface area contributed by atoms with Gasteiger partial charge in [0.05, 0.1) is 0 Å². The molecule has 0 unspecified atom stereocenters. The van der Waals surface area contributed by atoms with Crippen molar-refractivity contribution in [2.45, 2.75) is 19.3 Å². The molecule has 0 aliphatic heterocycles. The van der Waals surface area contributed by atoms with Crippen molar-refractivity contribution in [1.29, 1.82) is 0 Å². The Morgan fingerprint density at radius 3 is 2.87 bits per heavy atom. The Kier molecular flexibility index (Phi) is 3.29. The van der Waals surface area contributed by atoms with Crippen LogP contribution in [0.25, 0.3) is 10.9 Å². The lowest BCUT2D eigenvalue weighted by atomic mass is 10.2. The van der Waals surface area contributed by atoms with Crippen molar-refractivity contribution in [2.75, 3.05) is 6.54 Å². The van der Waals surface area contributed by atoms with Crippen LogP contribution in [0.2, 0.25) is 5.02 Å². The van der Waals surface area contributed by atoms with Crippen LogP contribution in [-0.2, 0) is 6.42 Å². The van der Waals surface area contributed by atoms with Crippen LogP contribution in [0, 0.1) is 0 Å². The van der Waals surface area contributed by atoms with Gasteiger partial charge in [-0.1, -0.05) is 11.6 Å². The van der Waals surface area contributed by atoms with Gasteiger partial charge in [0.25, 0.3) is 0 Å². The summed E-state index contributed by atoms with van der Waals surface area (Å²) in [6.07, 6.45) is 3.27. The molecule has 1 aromatic carbocycles. The fourth-order valence-electron chi connectivity index (χ4n) is 1.76. The van der Waals surface area contributed by atoms with E-state index >= 15 is 0 Å². The maximum absolute atomic E-state index is 5.92. The summed E-state index contributed by atoms with van der Waals surface area (Å²) in [5.74, 6) is 0. The van der Waals surface area contributed by atoms with Gasteiger partial charge < -0.3 is 10.7 Å². The minimum atomic E-state index is 0.770. The molecule has 0 aliphatic rings. The second kappa shape index (κ2) is 4.69. The van der Waals surface area contributed by atoms with E-state index in [0.717, 1.165) is 36.3 Å². The molecule has 0 aliphatic carbocycles. The number of halogens is 1. The van der Waals surface area contributed by atoms with Gasteiger partial charge in [-0.15, -0.1) is 0 Å². The first-order valence-electron chi connectivity index (χ1n) is 5.27. The van der Waals surface area contributed by atoms with Gasteiger partial charge in [0.2, 0.25) is 0 Å². The van der Waals surface area contributed by atoms with E-state index in [1.807, 2.05) is 18.2 Å². The lowest BCUT2D eigenvalue weighted by Crippen LogP contribution is -1.98. The highest BCUT2D eigenvalue weighted by molar-refractivity contribution is 6.31. The van der Waals surface area contributed by atoms with Gasteiger partial charge in [-0.05, 0) is 50.1 Å². The van der Waals surface area contributed by atoms with E-state index in [0.29, 0.717) is 0 Å². The molecule has 80 valence electrons. The highest BCUT2D eigenvalue weighted by Gasteiger charge is 2.00. The zero-order valence-electron chi connectivity index (χ0n) is 8.59. The van der Waals surface area contributed by atoms with Gasteiger partial charge in [-0.3, -0.25) is 0 Å². The predicted molar refractivity (Wildman–Crippen MR) is 65.3 cm³/mol. The van der Waals surface area contributed by atoms with Gasteiger partial charge in [0, 0.05) is 21.6 Å². The number of unbranched alkanes of at least 4 members (excludes halogenated alkanes) is 1. The maximum atomic E-state index is 5.92. The van der Waals surface area contributed by atoms with Crippen LogP contribution in [0.15, 0.2) is 24.3 Å². The largest absolute Gasteiger partial charge is 0.358 e. The molecule has 0 fully saturated rings. The number of fused-ring (bicyclic) bond motifs is 1. The zero-order valence-corrected chi connectivity index (χ0v) is 9.35. The summed E-state index contributed by atoms with van der Waals surface area (Å²) in [6, 6.07) is 8.08. The smallest absolute Gasteiger partial charge is 0.0457 e. The summed E-state index contributed by atoms with van der Waals surface area (Å²) in [4.78, 5) is 3.38. The molecule has 0 bridgehead atoms. The summed E-state index contributed by atoms with van der Waals surface area (Å²) in [5.41, 5.74) is 7.88. The van der Waals surface area contributed by atoms with Crippen molar-refractivity contribution in [1.82, 2.24) is 4.98 Å². The monoisotopic (exact) mass is 222 g/mol. The van der Waals surface area contributed by atoms with Crippen molar-refractivity contribution >= 4 is 22.5 Å². The van der Waals surface area contributed by atoms with Crippen molar-refractivity contribution in [2.24, 2.45) is 5.73 Å². The molecule has 2 aromatic rings. The van der Waals surface area contributed by atoms with Crippen LogP contribution in [0.1, 0.15) is 18.5 Å². The number of hydrogen-bond donors (Lipinski definition) is 2. The molecular weight excluding hydrogens is 208 g/mol. The van der Waals surface area contributed by atoms with Crippen molar-refractivity contribution in [3.63, 3.8) is 0 Å². The van der Waals surface area contributed by atoms with E-state index in [9.17, 15) is 0 Å². The maximum Gasteiger partial charge on any atom is 0.0457 e. The molecule has 3 N–H and O–H groups in total. The third kappa shape index (κ3) is 2.52. The van der Waals surface area contributed by atoms with Gasteiger partial charge in [0.1, 0.15) is 0 Å². The lowest BCUT2D eigenvalue weighted by Gasteiger charge is -1.95. The first-order chi connectivity index (χ1) is 7.29. The molecule has 1 heterocycles. The Labute approximate surface area is 94.4 Å². The van der Waals surface area contributed by atoms with E-state index in [-0.39, 0.29) is 0 Å². The Balaban J connectivity index is 2.16. The zero-order chi connectivity index (χ0) is 10.7. The number of rotatable bonds is 4. The van der Waals surface area contributed by atoms with Gasteiger partial charge >= 0.3 is 0 Å². The highest BCUT2D eigenvalue weighted by Crippen LogP contribution is 2.20. The van der Waals surface area contributed by atoms with Crippen LogP contribution >= 0.6 is 11.6 Å². The van der Waals surface area contributed by atoms with Crippen molar-refractivity contribution < 1.29 is 0 Å². The molecule has 2 nitrogen and oxygen atoms in total. The molecule has 0 saturated carbocycles. The summed E-state index contributed by atoms with van der Waals surface area (Å²) in [7, 11) is 0. The Morgan fingerprint density at radius 1 is 1.20 bits per heavy atom. The van der Waals surface area contributed by atoms with E-state index in [1.165, 1.54) is 11.1 Å². The number of nitrogens with one attached hydrogen (secondary N) is 1.